The zero-order chi connectivity index (χ0) is 14.4. The minimum atomic E-state index is -0.0394. The lowest BCUT2D eigenvalue weighted by Gasteiger charge is -2.16. The molecule has 0 bridgehead atoms. The first-order valence-electron chi connectivity index (χ1n) is 6.97. The monoisotopic (exact) mass is 300 g/mol. The van der Waals surface area contributed by atoms with Crippen molar-refractivity contribution < 1.29 is 0 Å². The van der Waals surface area contributed by atoms with Crippen LogP contribution in [0.15, 0.2) is 35.4 Å². The van der Waals surface area contributed by atoms with Crippen LogP contribution in [0.25, 0.3) is 16.9 Å². The molecule has 0 saturated carbocycles. The molecule has 0 fully saturated rings. The molecule has 106 valence electrons. The largest absolute Gasteiger partial charge is 0.295 e. The van der Waals surface area contributed by atoms with Gasteiger partial charge in [0, 0.05) is 23.7 Å². The fourth-order valence-corrected chi connectivity index (χ4v) is 2.92. The Morgan fingerprint density at radius 3 is 2.76 bits per heavy atom. The Morgan fingerprint density at radius 2 is 1.95 bits per heavy atom. The first-order valence-corrected chi connectivity index (χ1v) is 7.34. The molecule has 1 aliphatic heterocycles. The van der Waals surface area contributed by atoms with Gasteiger partial charge in [-0.15, -0.1) is 0 Å². The molecule has 2 aromatic heterocycles. The fourth-order valence-electron chi connectivity index (χ4n) is 2.79. The van der Waals surface area contributed by atoms with E-state index < -0.39 is 0 Å². The lowest BCUT2D eigenvalue weighted by atomic mass is 10.1. The lowest BCUT2D eigenvalue weighted by molar-refractivity contribution is 0.500. The van der Waals surface area contributed by atoms with Gasteiger partial charge >= 0.3 is 0 Å². The molecule has 0 unspecified atom stereocenters. The summed E-state index contributed by atoms with van der Waals surface area (Å²) in [6, 6.07) is 7.41. The zero-order valence-corrected chi connectivity index (χ0v) is 12.0. The summed E-state index contributed by atoms with van der Waals surface area (Å²) in [5.74, 6) is 0.856. The molecule has 0 N–H and O–H groups in total. The van der Waals surface area contributed by atoms with Crippen molar-refractivity contribution in [3.63, 3.8) is 0 Å². The van der Waals surface area contributed by atoms with Gasteiger partial charge in [0.05, 0.1) is 0 Å². The molecule has 0 aliphatic carbocycles. The number of aryl methyl sites for hydroxylation is 1. The molecule has 0 radical (unpaired) electrons. The SMILES string of the molecule is O=c1c2ncn(-c3ccc(Cl)cc3)c2nc2n1CCCC2. The van der Waals surface area contributed by atoms with Crippen LogP contribution in [0.4, 0.5) is 0 Å². The maximum atomic E-state index is 12.5. The second-order valence-electron chi connectivity index (χ2n) is 5.21. The molecule has 0 saturated heterocycles. The molecule has 4 rings (SSSR count). The van der Waals surface area contributed by atoms with Crippen molar-refractivity contribution in [2.24, 2.45) is 0 Å². The van der Waals surface area contributed by atoms with Crippen molar-refractivity contribution in [2.75, 3.05) is 0 Å². The van der Waals surface area contributed by atoms with Crippen molar-refractivity contribution in [2.45, 2.75) is 25.8 Å². The third kappa shape index (κ3) is 1.96. The summed E-state index contributed by atoms with van der Waals surface area (Å²) in [4.78, 5) is 21.4. The number of hydrogen-bond donors (Lipinski definition) is 0. The summed E-state index contributed by atoms with van der Waals surface area (Å²) in [7, 11) is 0. The zero-order valence-electron chi connectivity index (χ0n) is 11.3. The summed E-state index contributed by atoms with van der Waals surface area (Å²) in [6.07, 6.45) is 4.59. The molecule has 1 aliphatic rings. The Kier molecular flexibility index (Phi) is 2.82. The molecular weight excluding hydrogens is 288 g/mol. The van der Waals surface area contributed by atoms with Gasteiger partial charge in [0.1, 0.15) is 12.2 Å². The average molecular weight is 301 g/mol. The van der Waals surface area contributed by atoms with Gasteiger partial charge in [0.25, 0.3) is 5.56 Å². The molecule has 1 aromatic carbocycles. The minimum Gasteiger partial charge on any atom is -0.295 e. The summed E-state index contributed by atoms with van der Waals surface area (Å²) in [5, 5.41) is 0.675. The van der Waals surface area contributed by atoms with Crippen molar-refractivity contribution >= 4 is 22.8 Å². The van der Waals surface area contributed by atoms with Gasteiger partial charge in [-0.3, -0.25) is 13.9 Å². The highest BCUT2D eigenvalue weighted by atomic mass is 35.5. The molecule has 0 atom stereocenters. The summed E-state index contributed by atoms with van der Waals surface area (Å²) < 4.78 is 3.59. The molecule has 3 aromatic rings. The molecule has 21 heavy (non-hydrogen) atoms. The van der Waals surface area contributed by atoms with Crippen LogP contribution in [-0.2, 0) is 13.0 Å². The number of hydrogen-bond acceptors (Lipinski definition) is 3. The van der Waals surface area contributed by atoms with Crippen LogP contribution in [-0.4, -0.2) is 19.1 Å². The van der Waals surface area contributed by atoms with E-state index in [-0.39, 0.29) is 5.56 Å². The van der Waals surface area contributed by atoms with Gasteiger partial charge < -0.3 is 0 Å². The molecule has 5 nitrogen and oxygen atoms in total. The Labute approximate surface area is 125 Å². The lowest BCUT2D eigenvalue weighted by Crippen LogP contribution is -2.28. The van der Waals surface area contributed by atoms with Gasteiger partial charge in [-0.05, 0) is 37.1 Å². The number of aromatic nitrogens is 4. The molecule has 3 heterocycles. The van der Waals surface area contributed by atoms with Crippen molar-refractivity contribution in [3.05, 3.63) is 51.8 Å². The van der Waals surface area contributed by atoms with E-state index in [1.54, 1.807) is 10.9 Å². The number of nitrogens with zero attached hydrogens (tertiary/aromatic N) is 4. The molecule has 0 spiro atoms. The van der Waals surface area contributed by atoms with E-state index in [1.165, 1.54) is 0 Å². The molecule has 6 heteroatoms. The maximum Gasteiger partial charge on any atom is 0.281 e. The highest BCUT2D eigenvalue weighted by Crippen LogP contribution is 2.19. The first kappa shape index (κ1) is 12.6. The number of imidazole rings is 1. The van der Waals surface area contributed by atoms with Crippen molar-refractivity contribution in [1.82, 2.24) is 19.1 Å². The van der Waals surface area contributed by atoms with Crippen molar-refractivity contribution in [3.8, 4) is 5.69 Å². The third-order valence-electron chi connectivity index (χ3n) is 3.87. The van der Waals surface area contributed by atoms with Crippen LogP contribution in [0.2, 0.25) is 5.02 Å². The average Bonchev–Trinajstić information content (AvgIpc) is 2.92. The Bertz CT molecular complexity index is 879. The van der Waals surface area contributed by atoms with Gasteiger partial charge in [-0.1, -0.05) is 11.6 Å². The smallest absolute Gasteiger partial charge is 0.281 e. The van der Waals surface area contributed by atoms with E-state index in [0.717, 1.165) is 37.3 Å². The summed E-state index contributed by atoms with van der Waals surface area (Å²) in [5.41, 5.74) is 1.91. The highest BCUT2D eigenvalue weighted by molar-refractivity contribution is 6.30. The van der Waals surface area contributed by atoms with Crippen LogP contribution in [0, 0.1) is 0 Å². The minimum absolute atomic E-state index is 0.0394. The normalized spacial score (nSPS) is 14.3. The Morgan fingerprint density at radius 1 is 1.14 bits per heavy atom. The summed E-state index contributed by atoms with van der Waals surface area (Å²) >= 11 is 5.92. The van der Waals surface area contributed by atoms with Crippen LogP contribution < -0.4 is 5.56 Å². The maximum absolute atomic E-state index is 12.5. The number of benzene rings is 1. The van der Waals surface area contributed by atoms with Crippen LogP contribution in [0.1, 0.15) is 18.7 Å². The quantitative estimate of drug-likeness (QED) is 0.694. The third-order valence-corrected chi connectivity index (χ3v) is 4.13. The van der Waals surface area contributed by atoms with E-state index in [4.69, 9.17) is 11.6 Å². The number of fused-ring (bicyclic) bond motifs is 2. The predicted molar refractivity (Wildman–Crippen MR) is 81.1 cm³/mol. The molecular formula is C15H13ClN4O. The summed E-state index contributed by atoms with van der Waals surface area (Å²) in [6.45, 7) is 0.741. The first-order chi connectivity index (χ1) is 10.2. The topological polar surface area (TPSA) is 52.7 Å². The van der Waals surface area contributed by atoms with E-state index in [9.17, 15) is 4.79 Å². The van der Waals surface area contributed by atoms with E-state index in [2.05, 4.69) is 9.97 Å². The number of rotatable bonds is 1. The standard InChI is InChI=1S/C15H13ClN4O/c16-10-4-6-11(7-5-10)20-9-17-13-14(20)18-12-3-1-2-8-19(12)15(13)21/h4-7,9H,1-3,8H2. The molecule has 0 amide bonds. The highest BCUT2D eigenvalue weighted by Gasteiger charge is 2.18. The Hall–Kier alpha value is -2.14. The van der Waals surface area contributed by atoms with E-state index in [0.29, 0.717) is 16.2 Å². The van der Waals surface area contributed by atoms with Crippen LogP contribution >= 0.6 is 11.6 Å². The van der Waals surface area contributed by atoms with Gasteiger partial charge in [-0.2, -0.15) is 0 Å². The Balaban J connectivity index is 1.98. The van der Waals surface area contributed by atoms with Gasteiger partial charge in [0.15, 0.2) is 11.2 Å². The fraction of sp³-hybridized carbons (Fsp3) is 0.267. The van der Waals surface area contributed by atoms with E-state index in [1.807, 2.05) is 28.8 Å². The second kappa shape index (κ2) is 4.70. The van der Waals surface area contributed by atoms with Crippen molar-refractivity contribution in [1.29, 1.82) is 0 Å². The van der Waals surface area contributed by atoms with E-state index >= 15 is 0 Å². The number of halogens is 1. The predicted octanol–water partition coefficient (Wildman–Crippen LogP) is 2.57. The van der Waals surface area contributed by atoms with Gasteiger partial charge in [-0.25, -0.2) is 9.97 Å². The van der Waals surface area contributed by atoms with Crippen LogP contribution in [0.3, 0.4) is 0 Å². The van der Waals surface area contributed by atoms with Gasteiger partial charge in [0.2, 0.25) is 0 Å². The van der Waals surface area contributed by atoms with Crippen LogP contribution in [0.5, 0.6) is 0 Å². The second-order valence-corrected chi connectivity index (χ2v) is 5.64.